The van der Waals surface area contributed by atoms with Gasteiger partial charge in [-0.15, -0.1) is 0 Å². The molecule has 0 aliphatic heterocycles. The van der Waals surface area contributed by atoms with E-state index in [0.717, 1.165) is 0 Å². The summed E-state index contributed by atoms with van der Waals surface area (Å²) in [5, 5.41) is 11.5. The van der Waals surface area contributed by atoms with Crippen LogP contribution in [-0.2, 0) is 0 Å². The largest absolute Gasteiger partial charge is 0.394 e. The summed E-state index contributed by atoms with van der Waals surface area (Å²) >= 11 is 2.12. The quantitative estimate of drug-likeness (QED) is 0.688. The first kappa shape index (κ1) is 8.39. The predicted molar refractivity (Wildman–Crippen MR) is 43.1 cm³/mol. The minimum Gasteiger partial charge on any atom is -0.394 e. The summed E-state index contributed by atoms with van der Waals surface area (Å²) in [5.41, 5.74) is 0. The maximum atomic E-state index is 8.54. The monoisotopic (exact) mass is 227 g/mol. The van der Waals surface area contributed by atoms with E-state index >= 15 is 0 Å². The minimum absolute atomic E-state index is 0.117. The second-order valence-electron chi connectivity index (χ2n) is 1.40. The van der Waals surface area contributed by atoms with E-state index in [-0.39, 0.29) is 12.6 Å². The average Bonchev–Trinajstić information content (AvgIpc) is 1.83. The van der Waals surface area contributed by atoms with Gasteiger partial charge in [0.25, 0.3) is 0 Å². The molecule has 0 amide bonds. The number of hydrogen-bond acceptors (Lipinski definition) is 2. The number of likely N-dealkylation sites (N-methyl/N-ethyl adjacent to an activating group) is 1. The molecule has 0 heterocycles. The Kier molecular flexibility index (Phi) is 5.79. The molecule has 0 radical (unpaired) electrons. The molecular formula is C5H10INO. The van der Waals surface area contributed by atoms with Crippen LogP contribution < -0.4 is 5.32 Å². The zero-order valence-corrected chi connectivity index (χ0v) is 6.92. The molecule has 0 aromatic rings. The third-order valence-electron chi connectivity index (χ3n) is 0.873. The van der Waals surface area contributed by atoms with Crippen molar-refractivity contribution in [3.63, 3.8) is 0 Å². The summed E-state index contributed by atoms with van der Waals surface area (Å²) in [5.74, 6) is 0. The van der Waals surface area contributed by atoms with Gasteiger partial charge in [0.1, 0.15) is 0 Å². The van der Waals surface area contributed by atoms with Crippen LogP contribution in [0.15, 0.2) is 10.2 Å². The fourth-order valence-electron chi connectivity index (χ4n) is 0.336. The first-order valence-corrected chi connectivity index (χ1v) is 3.64. The Morgan fingerprint density at radius 1 is 1.88 bits per heavy atom. The minimum atomic E-state index is 0.117. The van der Waals surface area contributed by atoms with Gasteiger partial charge >= 0.3 is 0 Å². The van der Waals surface area contributed by atoms with Gasteiger partial charge in [-0.2, -0.15) is 0 Å². The van der Waals surface area contributed by atoms with E-state index in [0.29, 0.717) is 0 Å². The number of nitrogens with one attached hydrogen (secondary N) is 1. The highest BCUT2D eigenvalue weighted by molar-refractivity contribution is 14.1. The van der Waals surface area contributed by atoms with E-state index in [4.69, 9.17) is 5.11 Å². The summed E-state index contributed by atoms with van der Waals surface area (Å²) in [7, 11) is 1.82. The highest BCUT2D eigenvalue weighted by atomic mass is 127. The molecule has 3 heteroatoms. The summed E-state index contributed by atoms with van der Waals surface area (Å²) in [6.07, 6.45) is 1.90. The molecule has 0 bridgehead atoms. The molecule has 0 unspecified atom stereocenters. The lowest BCUT2D eigenvalue weighted by atomic mass is 10.3. The van der Waals surface area contributed by atoms with Crippen molar-refractivity contribution in [2.24, 2.45) is 0 Å². The molecule has 2 N–H and O–H groups in total. The molecule has 1 atom stereocenters. The second kappa shape index (κ2) is 5.53. The molecule has 0 fully saturated rings. The van der Waals surface area contributed by atoms with Crippen LogP contribution in [0.2, 0.25) is 0 Å². The van der Waals surface area contributed by atoms with Gasteiger partial charge in [-0.3, -0.25) is 0 Å². The molecule has 0 aromatic heterocycles. The maximum absolute atomic E-state index is 8.54. The topological polar surface area (TPSA) is 32.3 Å². The number of aliphatic hydroxyl groups excluding tert-OH is 1. The van der Waals surface area contributed by atoms with Crippen molar-refractivity contribution in [3.05, 3.63) is 10.2 Å². The lowest BCUT2D eigenvalue weighted by Crippen LogP contribution is -2.26. The van der Waals surface area contributed by atoms with Gasteiger partial charge in [-0.05, 0) is 11.1 Å². The standard InChI is InChI=1S/C5H10INO/c1-7-5(4-8)2-3-6/h2-3,5,7-8H,4H2,1H3/b3-2-/t5-/m1/s1. The molecule has 0 rings (SSSR count). The molecular weight excluding hydrogens is 217 g/mol. The molecule has 0 aromatic carbocycles. The van der Waals surface area contributed by atoms with Crippen LogP contribution in [0.5, 0.6) is 0 Å². The van der Waals surface area contributed by atoms with Crippen LogP contribution in [-0.4, -0.2) is 24.8 Å². The third kappa shape index (κ3) is 3.40. The maximum Gasteiger partial charge on any atom is 0.0620 e. The van der Waals surface area contributed by atoms with E-state index < -0.39 is 0 Å². The van der Waals surface area contributed by atoms with Gasteiger partial charge in [0.2, 0.25) is 0 Å². The highest BCUT2D eigenvalue weighted by Crippen LogP contribution is 1.88. The number of rotatable bonds is 3. The van der Waals surface area contributed by atoms with Gasteiger partial charge in [0.15, 0.2) is 0 Å². The van der Waals surface area contributed by atoms with Gasteiger partial charge in [-0.1, -0.05) is 28.7 Å². The van der Waals surface area contributed by atoms with Crippen LogP contribution in [0.4, 0.5) is 0 Å². The summed E-state index contributed by atoms with van der Waals surface area (Å²) in [4.78, 5) is 0. The van der Waals surface area contributed by atoms with Gasteiger partial charge in [0.05, 0.1) is 6.61 Å². The molecule has 0 spiro atoms. The van der Waals surface area contributed by atoms with Crippen molar-refractivity contribution in [1.29, 1.82) is 0 Å². The van der Waals surface area contributed by atoms with E-state index in [1.54, 1.807) is 0 Å². The fourth-order valence-corrected chi connectivity index (χ4v) is 0.837. The van der Waals surface area contributed by atoms with Crippen LogP contribution in [0.1, 0.15) is 0 Å². The van der Waals surface area contributed by atoms with Crippen molar-refractivity contribution in [1.82, 2.24) is 5.32 Å². The Bertz CT molecular complexity index is 70.8. The van der Waals surface area contributed by atoms with Crippen LogP contribution in [0.3, 0.4) is 0 Å². The van der Waals surface area contributed by atoms with E-state index in [2.05, 4.69) is 27.9 Å². The van der Waals surface area contributed by atoms with E-state index in [1.807, 2.05) is 17.2 Å². The van der Waals surface area contributed by atoms with Crippen LogP contribution >= 0.6 is 22.6 Å². The normalized spacial score (nSPS) is 14.9. The summed E-state index contributed by atoms with van der Waals surface area (Å²) < 4.78 is 1.88. The summed E-state index contributed by atoms with van der Waals surface area (Å²) in [6.45, 7) is 0.163. The SMILES string of the molecule is CN[C@H](/C=C\I)CO. The van der Waals surface area contributed by atoms with E-state index in [9.17, 15) is 0 Å². The predicted octanol–water partition coefficient (Wildman–Crippen LogP) is 0.515. The number of hydrogen-bond donors (Lipinski definition) is 2. The Labute approximate surface area is 63.1 Å². The van der Waals surface area contributed by atoms with Crippen molar-refractivity contribution < 1.29 is 5.11 Å². The first-order chi connectivity index (χ1) is 3.85. The first-order valence-electron chi connectivity index (χ1n) is 2.40. The number of halogens is 1. The van der Waals surface area contributed by atoms with E-state index in [1.165, 1.54) is 0 Å². The van der Waals surface area contributed by atoms with Gasteiger partial charge in [-0.25, -0.2) is 0 Å². The third-order valence-corrected chi connectivity index (χ3v) is 1.29. The van der Waals surface area contributed by atoms with Gasteiger partial charge < -0.3 is 10.4 Å². The van der Waals surface area contributed by atoms with Crippen molar-refractivity contribution in [2.75, 3.05) is 13.7 Å². The zero-order valence-electron chi connectivity index (χ0n) is 4.76. The van der Waals surface area contributed by atoms with Crippen molar-refractivity contribution in [3.8, 4) is 0 Å². The molecule has 0 aliphatic rings. The average molecular weight is 227 g/mol. The Balaban J connectivity index is 3.36. The second-order valence-corrected chi connectivity index (χ2v) is 2.12. The zero-order chi connectivity index (χ0) is 6.41. The van der Waals surface area contributed by atoms with Crippen LogP contribution in [0, 0.1) is 0 Å². The van der Waals surface area contributed by atoms with Crippen molar-refractivity contribution in [2.45, 2.75) is 6.04 Å². The Hall–Kier alpha value is 0.390. The summed E-state index contributed by atoms with van der Waals surface area (Å²) in [6, 6.07) is 0.117. The fraction of sp³-hybridized carbons (Fsp3) is 0.600. The Morgan fingerprint density at radius 3 is 2.62 bits per heavy atom. The molecule has 2 nitrogen and oxygen atoms in total. The highest BCUT2D eigenvalue weighted by Gasteiger charge is 1.93. The number of aliphatic hydroxyl groups is 1. The smallest absolute Gasteiger partial charge is 0.0620 e. The molecule has 0 saturated carbocycles. The molecule has 0 aliphatic carbocycles. The lowest BCUT2D eigenvalue weighted by Gasteiger charge is -2.04. The lowest BCUT2D eigenvalue weighted by molar-refractivity contribution is 0.270. The van der Waals surface area contributed by atoms with Crippen LogP contribution in [0.25, 0.3) is 0 Å². The van der Waals surface area contributed by atoms with Crippen molar-refractivity contribution >= 4 is 22.6 Å². The molecule has 0 saturated heterocycles. The van der Waals surface area contributed by atoms with Gasteiger partial charge in [0, 0.05) is 6.04 Å². The molecule has 8 heavy (non-hydrogen) atoms. The molecule has 48 valence electrons. The Morgan fingerprint density at radius 2 is 2.50 bits per heavy atom.